The fraction of sp³-hybridized carbons (Fsp3) is 0.0882. The third-order valence-electron chi connectivity index (χ3n) is 16.8. The smallest absolute Gasteiger partial charge is 0.138 e. The van der Waals surface area contributed by atoms with E-state index in [1.807, 2.05) is 0 Å². The molecule has 0 atom stereocenters. The number of aromatic nitrogens is 6. The van der Waals surface area contributed by atoms with Gasteiger partial charge in [0.15, 0.2) is 0 Å². The Morgan fingerprint density at radius 1 is 0.303 bits per heavy atom. The van der Waals surface area contributed by atoms with Crippen LogP contribution >= 0.6 is 0 Å². The molecule has 0 bridgehead atoms. The highest BCUT2D eigenvalue weighted by Gasteiger charge is 2.38. The lowest BCUT2D eigenvalue weighted by atomic mass is 9.73. The number of fused-ring (bicyclic) bond motifs is 16. The van der Waals surface area contributed by atoms with Gasteiger partial charge in [0, 0.05) is 66.9 Å². The first-order valence-electron chi connectivity index (χ1n) is 26.1. The molecule has 8 heteroatoms. The molecule has 0 unspecified atom stereocenters. The summed E-state index contributed by atoms with van der Waals surface area (Å²) in [6.07, 6.45) is 3.53. The van der Waals surface area contributed by atoms with Crippen LogP contribution in [-0.4, -0.2) is 29.1 Å². The second kappa shape index (κ2) is 15.4. The van der Waals surface area contributed by atoms with Crippen LogP contribution in [0.4, 0.5) is 34.1 Å². The summed E-state index contributed by atoms with van der Waals surface area (Å²) in [6, 6.07) is 75.0. The van der Waals surface area contributed by atoms with Crippen LogP contribution in [-0.2, 0) is 10.8 Å². The van der Waals surface area contributed by atoms with Gasteiger partial charge < -0.3 is 9.80 Å². The summed E-state index contributed by atoms with van der Waals surface area (Å²) >= 11 is 0. The zero-order valence-electron chi connectivity index (χ0n) is 42.4. The van der Waals surface area contributed by atoms with Crippen molar-refractivity contribution < 1.29 is 0 Å². The van der Waals surface area contributed by atoms with Crippen molar-refractivity contribution in [3.8, 4) is 11.6 Å². The molecule has 2 aliphatic rings. The van der Waals surface area contributed by atoms with Crippen LogP contribution in [0.2, 0.25) is 0 Å². The van der Waals surface area contributed by atoms with E-state index in [0.717, 1.165) is 99.5 Å². The molecule has 2 aliphatic heterocycles. The minimum Gasteiger partial charge on any atom is -0.310 e. The Labute approximate surface area is 438 Å². The molecule has 5 aromatic heterocycles. The van der Waals surface area contributed by atoms with Gasteiger partial charge in [-0.05, 0) is 119 Å². The molecular formula is C68H48N8. The number of rotatable bonds is 4. The second-order valence-corrected chi connectivity index (χ2v) is 21.5. The van der Waals surface area contributed by atoms with E-state index in [9.17, 15) is 0 Å². The van der Waals surface area contributed by atoms with Crippen LogP contribution in [0, 0.1) is 0 Å². The molecule has 0 aliphatic carbocycles. The van der Waals surface area contributed by atoms with Crippen molar-refractivity contribution in [1.82, 2.24) is 29.1 Å². The summed E-state index contributed by atoms with van der Waals surface area (Å²) in [6.45, 7) is 9.33. The highest BCUT2D eigenvalue weighted by molar-refractivity contribution is 6.21. The molecule has 8 nitrogen and oxygen atoms in total. The number of pyridine rings is 2. The van der Waals surface area contributed by atoms with E-state index in [1.54, 1.807) is 12.4 Å². The van der Waals surface area contributed by atoms with Gasteiger partial charge in [0.1, 0.15) is 22.7 Å². The van der Waals surface area contributed by atoms with Crippen molar-refractivity contribution >= 4 is 111 Å². The van der Waals surface area contributed by atoms with E-state index in [0.29, 0.717) is 0 Å². The Hall–Kier alpha value is -9.66. The molecule has 7 heterocycles. The number of nitrogens with zero attached hydrogens (tertiary/aromatic N) is 8. The van der Waals surface area contributed by atoms with Crippen LogP contribution in [0.25, 0.3) is 88.1 Å². The first-order valence-corrected chi connectivity index (χ1v) is 26.1. The lowest BCUT2D eigenvalue weighted by Gasteiger charge is -2.42. The SMILES string of the molecule is CC1(C)c2ccccc2N(c2ccc3c(c2)c2ccccc2n3-c2ccc3c4nccnc4c4ccc(-n5c6ccccc6c6cc(N7c8ccccc8C(C)(C)c8ccccc87)ccc65)nc4c3n2)c2ccccc21. The van der Waals surface area contributed by atoms with Crippen molar-refractivity contribution in [2.75, 3.05) is 9.80 Å². The minimum atomic E-state index is -0.150. The average molecular weight is 977 g/mol. The summed E-state index contributed by atoms with van der Waals surface area (Å²) in [5.41, 5.74) is 19.3. The van der Waals surface area contributed by atoms with Gasteiger partial charge in [-0.25, -0.2) is 9.97 Å². The third-order valence-corrected chi connectivity index (χ3v) is 16.8. The topological polar surface area (TPSA) is 67.9 Å². The lowest BCUT2D eigenvalue weighted by molar-refractivity contribution is 0.632. The largest absolute Gasteiger partial charge is 0.310 e. The Morgan fingerprint density at radius 3 is 1.04 bits per heavy atom. The van der Waals surface area contributed by atoms with Crippen LogP contribution in [0.1, 0.15) is 49.9 Å². The van der Waals surface area contributed by atoms with Gasteiger partial charge in [-0.1, -0.05) is 137 Å². The van der Waals surface area contributed by atoms with Gasteiger partial charge in [-0.15, -0.1) is 0 Å². The van der Waals surface area contributed by atoms with Gasteiger partial charge in [0.25, 0.3) is 0 Å². The highest BCUT2D eigenvalue weighted by Crippen LogP contribution is 2.54. The van der Waals surface area contributed by atoms with E-state index in [4.69, 9.17) is 19.9 Å². The first kappa shape index (κ1) is 42.8. The number of hydrogen-bond acceptors (Lipinski definition) is 6. The maximum Gasteiger partial charge on any atom is 0.138 e. The molecule has 360 valence electrons. The molecule has 0 saturated carbocycles. The van der Waals surface area contributed by atoms with Crippen LogP contribution in [0.15, 0.2) is 219 Å². The third kappa shape index (κ3) is 5.78. The molecule has 9 aromatic carbocycles. The average Bonchev–Trinajstić information content (AvgIpc) is 4.10. The predicted octanol–water partition coefficient (Wildman–Crippen LogP) is 17.1. The molecule has 16 rings (SSSR count). The Kier molecular flexibility index (Phi) is 8.70. The fourth-order valence-corrected chi connectivity index (χ4v) is 13.2. The Balaban J connectivity index is 0.885. The zero-order valence-corrected chi connectivity index (χ0v) is 42.4. The maximum atomic E-state index is 5.65. The highest BCUT2D eigenvalue weighted by atomic mass is 15.2. The Bertz CT molecular complexity index is 4410. The van der Waals surface area contributed by atoms with E-state index in [1.165, 1.54) is 45.0 Å². The second-order valence-electron chi connectivity index (χ2n) is 21.5. The predicted molar refractivity (Wildman–Crippen MR) is 312 cm³/mol. The summed E-state index contributed by atoms with van der Waals surface area (Å²) < 4.78 is 4.60. The van der Waals surface area contributed by atoms with E-state index >= 15 is 0 Å². The fourth-order valence-electron chi connectivity index (χ4n) is 13.2. The number of anilines is 6. The van der Waals surface area contributed by atoms with Gasteiger partial charge in [0.05, 0.1) is 55.8 Å². The number of para-hydroxylation sites is 6. The van der Waals surface area contributed by atoms with Crippen LogP contribution in [0.5, 0.6) is 0 Å². The summed E-state index contributed by atoms with van der Waals surface area (Å²) in [5.74, 6) is 1.60. The van der Waals surface area contributed by atoms with Gasteiger partial charge in [-0.3, -0.25) is 19.1 Å². The van der Waals surface area contributed by atoms with Gasteiger partial charge in [-0.2, -0.15) is 0 Å². The summed E-state index contributed by atoms with van der Waals surface area (Å²) in [4.78, 5) is 26.0. The maximum absolute atomic E-state index is 5.65. The molecule has 0 fully saturated rings. The number of benzene rings is 9. The first-order chi connectivity index (χ1) is 37.2. The van der Waals surface area contributed by atoms with Crippen molar-refractivity contribution in [2.24, 2.45) is 0 Å². The van der Waals surface area contributed by atoms with E-state index in [2.05, 4.69) is 253 Å². The van der Waals surface area contributed by atoms with Crippen molar-refractivity contribution in [3.05, 3.63) is 241 Å². The lowest BCUT2D eigenvalue weighted by Crippen LogP contribution is -2.30. The van der Waals surface area contributed by atoms with Crippen molar-refractivity contribution in [2.45, 2.75) is 38.5 Å². The minimum absolute atomic E-state index is 0.150. The monoisotopic (exact) mass is 976 g/mol. The molecule has 0 N–H and O–H groups in total. The Morgan fingerprint density at radius 2 is 0.645 bits per heavy atom. The van der Waals surface area contributed by atoms with E-state index < -0.39 is 0 Å². The molecule has 14 aromatic rings. The molecule has 0 saturated heterocycles. The summed E-state index contributed by atoms with van der Waals surface area (Å²) in [7, 11) is 0. The van der Waals surface area contributed by atoms with Crippen molar-refractivity contribution in [1.29, 1.82) is 0 Å². The normalized spacial score (nSPS) is 14.5. The number of hydrogen-bond donors (Lipinski definition) is 0. The zero-order chi connectivity index (χ0) is 50.6. The molecule has 0 spiro atoms. The standard InChI is InChI=1S/C68H48N8/c1-67(2)49-19-7-13-25-57(49)73(58-26-14-8-20-50(58)67)41-29-33-55-47(39-41)43-17-5-11-23-53(43)75(55)61-35-31-45-63-64(70-38-37-69-63)46-32-36-62(72-66(46)65(45)71-61)76-54-24-12-6-18-44(54)48-40-42(30-34-56(48)76)74-59-27-15-9-21-51(59)68(3,4)52-22-10-16-28-60(52)74/h5-40H,1-4H3. The van der Waals surface area contributed by atoms with Gasteiger partial charge >= 0.3 is 0 Å². The molecule has 0 radical (unpaired) electrons. The summed E-state index contributed by atoms with van der Waals surface area (Å²) in [5, 5.41) is 6.40. The van der Waals surface area contributed by atoms with Crippen molar-refractivity contribution in [3.63, 3.8) is 0 Å². The molecule has 76 heavy (non-hydrogen) atoms. The van der Waals surface area contributed by atoms with Crippen LogP contribution in [0.3, 0.4) is 0 Å². The van der Waals surface area contributed by atoms with Crippen LogP contribution < -0.4 is 9.80 Å². The molecular weight excluding hydrogens is 929 g/mol. The quantitative estimate of drug-likeness (QED) is 0.164. The van der Waals surface area contributed by atoms with E-state index in [-0.39, 0.29) is 10.8 Å². The van der Waals surface area contributed by atoms with Gasteiger partial charge in [0.2, 0.25) is 0 Å². The molecule has 0 amide bonds.